The number of hydrogen-bond acceptors (Lipinski definition) is 4. The molecule has 4 nitrogen and oxygen atoms in total. The molecule has 3 aromatic rings. The molecule has 0 amide bonds. The second kappa shape index (κ2) is 4.72. The third-order valence-corrected chi connectivity index (χ3v) is 3.62. The quantitative estimate of drug-likeness (QED) is 0.782. The maximum absolute atomic E-state index is 6.15. The fraction of sp³-hybridized carbons (Fsp3) is 0.0769. The fourth-order valence-corrected chi connectivity index (χ4v) is 2.46. The molecule has 0 fully saturated rings. The molecule has 0 bridgehead atoms. The van der Waals surface area contributed by atoms with E-state index in [1.807, 2.05) is 47.8 Å². The number of aromatic nitrogens is 3. The molecule has 0 radical (unpaired) electrons. The lowest BCUT2D eigenvalue weighted by Crippen LogP contribution is -2.11. The average Bonchev–Trinajstić information content (AvgIpc) is 3.10. The predicted octanol–water partition coefficient (Wildman–Crippen LogP) is 2.38. The van der Waals surface area contributed by atoms with Crippen LogP contribution < -0.4 is 5.73 Å². The number of nitrogens with two attached hydrogens (primary N) is 1. The Morgan fingerprint density at radius 1 is 1.11 bits per heavy atom. The summed E-state index contributed by atoms with van der Waals surface area (Å²) in [6.45, 7) is 0. The van der Waals surface area contributed by atoms with Crippen LogP contribution in [0.2, 0.25) is 0 Å². The van der Waals surface area contributed by atoms with E-state index in [0.29, 0.717) is 0 Å². The van der Waals surface area contributed by atoms with Crippen molar-refractivity contribution in [1.29, 1.82) is 0 Å². The van der Waals surface area contributed by atoms with E-state index in [1.165, 1.54) is 0 Å². The molecule has 3 rings (SSSR count). The first-order valence-corrected chi connectivity index (χ1v) is 6.49. The first-order valence-electron chi connectivity index (χ1n) is 5.61. The second-order valence-corrected chi connectivity index (χ2v) is 4.87. The lowest BCUT2D eigenvalue weighted by atomic mass is 10.2. The number of nitrogens with zero attached hydrogens (tertiary/aromatic N) is 3. The molecule has 1 atom stereocenters. The van der Waals surface area contributed by atoms with Gasteiger partial charge < -0.3 is 5.73 Å². The Balaban J connectivity index is 1.90. The van der Waals surface area contributed by atoms with Crippen molar-refractivity contribution in [2.75, 3.05) is 0 Å². The topological polar surface area (TPSA) is 56.7 Å². The van der Waals surface area contributed by atoms with Gasteiger partial charge in [0.1, 0.15) is 5.69 Å². The lowest BCUT2D eigenvalue weighted by Gasteiger charge is -2.04. The normalized spacial score (nSPS) is 12.5. The molecular weight excluding hydrogens is 244 g/mol. The van der Waals surface area contributed by atoms with Crippen LogP contribution in [0.5, 0.6) is 0 Å². The van der Waals surface area contributed by atoms with E-state index in [2.05, 4.69) is 10.2 Å². The molecule has 1 aromatic carbocycles. The van der Waals surface area contributed by atoms with Crippen LogP contribution in [-0.4, -0.2) is 15.0 Å². The minimum atomic E-state index is -0.206. The molecule has 2 heterocycles. The summed E-state index contributed by atoms with van der Waals surface area (Å²) in [6.07, 6.45) is 1.72. The van der Waals surface area contributed by atoms with Crippen molar-refractivity contribution in [3.63, 3.8) is 0 Å². The van der Waals surface area contributed by atoms with Crippen LogP contribution in [0.15, 0.2) is 54.0 Å². The maximum Gasteiger partial charge on any atom is 0.105 e. The summed E-state index contributed by atoms with van der Waals surface area (Å²) in [5.41, 5.74) is 7.86. The number of rotatable bonds is 3. The van der Waals surface area contributed by atoms with Gasteiger partial charge in [-0.05, 0) is 23.6 Å². The monoisotopic (exact) mass is 256 g/mol. The Kier molecular flexibility index (Phi) is 2.92. The summed E-state index contributed by atoms with van der Waals surface area (Å²) in [5, 5.41) is 10.7. The van der Waals surface area contributed by atoms with E-state index in [0.717, 1.165) is 16.3 Å². The van der Waals surface area contributed by atoms with Gasteiger partial charge in [-0.2, -0.15) is 15.0 Å². The molecule has 18 heavy (non-hydrogen) atoms. The first-order chi connectivity index (χ1) is 8.84. The van der Waals surface area contributed by atoms with Gasteiger partial charge in [-0.15, -0.1) is 11.3 Å². The van der Waals surface area contributed by atoms with Crippen LogP contribution in [-0.2, 0) is 0 Å². The average molecular weight is 256 g/mol. The van der Waals surface area contributed by atoms with Crippen molar-refractivity contribution >= 4 is 11.3 Å². The molecular formula is C13H12N4S. The maximum atomic E-state index is 6.15. The highest BCUT2D eigenvalue weighted by atomic mass is 32.1. The molecule has 0 saturated carbocycles. The number of para-hydroxylation sites is 1. The van der Waals surface area contributed by atoms with Crippen molar-refractivity contribution < 1.29 is 0 Å². The molecule has 0 saturated heterocycles. The summed E-state index contributed by atoms with van der Waals surface area (Å²) >= 11 is 1.63. The Labute approximate surface area is 109 Å². The minimum Gasteiger partial charge on any atom is -0.318 e. The molecule has 0 aliphatic carbocycles. The summed E-state index contributed by atoms with van der Waals surface area (Å²) in [7, 11) is 0. The third-order valence-electron chi connectivity index (χ3n) is 2.67. The van der Waals surface area contributed by atoms with Crippen molar-refractivity contribution in [3.05, 3.63) is 64.6 Å². The third kappa shape index (κ3) is 2.05. The van der Waals surface area contributed by atoms with Gasteiger partial charge in [-0.1, -0.05) is 24.3 Å². The van der Waals surface area contributed by atoms with E-state index < -0.39 is 0 Å². The van der Waals surface area contributed by atoms with Gasteiger partial charge in [0.25, 0.3) is 0 Å². The minimum absolute atomic E-state index is 0.206. The van der Waals surface area contributed by atoms with Crippen LogP contribution >= 0.6 is 11.3 Å². The van der Waals surface area contributed by atoms with Gasteiger partial charge in [0.15, 0.2) is 0 Å². The molecule has 2 N–H and O–H groups in total. The largest absolute Gasteiger partial charge is 0.318 e. The van der Waals surface area contributed by atoms with Crippen LogP contribution in [0.4, 0.5) is 0 Å². The summed E-state index contributed by atoms with van der Waals surface area (Å²) in [4.78, 5) is 2.69. The summed E-state index contributed by atoms with van der Waals surface area (Å²) in [5.74, 6) is 0. The highest BCUT2D eigenvalue weighted by Crippen LogP contribution is 2.22. The van der Waals surface area contributed by atoms with Crippen LogP contribution in [0.3, 0.4) is 0 Å². The SMILES string of the molecule is NC(c1cnn(-c2ccccc2)n1)c1cccs1. The number of benzene rings is 1. The molecule has 1 unspecified atom stereocenters. The van der Waals surface area contributed by atoms with Gasteiger partial charge in [0, 0.05) is 4.88 Å². The van der Waals surface area contributed by atoms with Crippen molar-refractivity contribution in [3.8, 4) is 5.69 Å². The Hall–Kier alpha value is -1.98. The Morgan fingerprint density at radius 3 is 2.67 bits per heavy atom. The second-order valence-electron chi connectivity index (χ2n) is 3.89. The Morgan fingerprint density at radius 2 is 1.94 bits per heavy atom. The highest BCUT2D eigenvalue weighted by molar-refractivity contribution is 7.10. The summed E-state index contributed by atoms with van der Waals surface area (Å²) in [6, 6.07) is 13.6. The van der Waals surface area contributed by atoms with E-state index in [4.69, 9.17) is 5.73 Å². The highest BCUT2D eigenvalue weighted by Gasteiger charge is 2.14. The number of hydrogen-bond donors (Lipinski definition) is 1. The Bertz CT molecular complexity index is 616. The van der Waals surface area contributed by atoms with Gasteiger partial charge in [-0.3, -0.25) is 0 Å². The van der Waals surface area contributed by atoms with Gasteiger partial charge >= 0.3 is 0 Å². The van der Waals surface area contributed by atoms with E-state index in [9.17, 15) is 0 Å². The van der Waals surface area contributed by atoms with Gasteiger partial charge in [-0.25, -0.2) is 0 Å². The van der Waals surface area contributed by atoms with Crippen LogP contribution in [0, 0.1) is 0 Å². The first kappa shape index (κ1) is 11.1. The van der Waals surface area contributed by atoms with E-state index >= 15 is 0 Å². The fourth-order valence-electron chi connectivity index (χ4n) is 1.72. The molecule has 90 valence electrons. The predicted molar refractivity (Wildman–Crippen MR) is 71.7 cm³/mol. The standard InChI is InChI=1S/C13H12N4S/c14-13(12-7-4-8-18-12)11-9-15-17(16-11)10-5-2-1-3-6-10/h1-9,13H,14H2. The van der Waals surface area contributed by atoms with Gasteiger partial charge in [0.2, 0.25) is 0 Å². The molecule has 2 aromatic heterocycles. The van der Waals surface area contributed by atoms with Crippen molar-refractivity contribution in [2.45, 2.75) is 6.04 Å². The molecule has 0 aliphatic heterocycles. The zero-order valence-electron chi connectivity index (χ0n) is 9.60. The summed E-state index contributed by atoms with van der Waals surface area (Å²) < 4.78 is 0. The van der Waals surface area contributed by atoms with Crippen molar-refractivity contribution in [2.24, 2.45) is 5.73 Å². The zero-order valence-corrected chi connectivity index (χ0v) is 10.4. The van der Waals surface area contributed by atoms with Crippen molar-refractivity contribution in [1.82, 2.24) is 15.0 Å². The smallest absolute Gasteiger partial charge is 0.105 e. The lowest BCUT2D eigenvalue weighted by molar-refractivity contribution is 0.723. The van der Waals surface area contributed by atoms with Crippen LogP contribution in [0.1, 0.15) is 16.6 Å². The number of thiophene rings is 1. The zero-order chi connectivity index (χ0) is 12.4. The van der Waals surface area contributed by atoms with E-state index in [1.54, 1.807) is 22.3 Å². The molecule has 0 aliphatic rings. The van der Waals surface area contributed by atoms with Gasteiger partial charge in [0.05, 0.1) is 17.9 Å². The molecule has 0 spiro atoms. The van der Waals surface area contributed by atoms with Crippen LogP contribution in [0.25, 0.3) is 5.69 Å². The van der Waals surface area contributed by atoms with E-state index in [-0.39, 0.29) is 6.04 Å². The molecule has 5 heteroatoms.